The molecule has 0 bridgehead atoms. The van der Waals surface area contributed by atoms with E-state index < -0.39 is 17.7 Å². The number of carbonyl (C=O) groups is 2. The summed E-state index contributed by atoms with van der Waals surface area (Å²) in [4.78, 5) is 26.1. The van der Waals surface area contributed by atoms with Gasteiger partial charge in [-0.1, -0.05) is 32.1 Å². The summed E-state index contributed by atoms with van der Waals surface area (Å²) in [6.45, 7) is 7.61. The normalized spacial score (nSPS) is 20.4. The van der Waals surface area contributed by atoms with Gasteiger partial charge in [0.25, 0.3) is 5.91 Å². The molecule has 1 aliphatic rings. The summed E-state index contributed by atoms with van der Waals surface area (Å²) < 4.78 is 11.0. The fourth-order valence-electron chi connectivity index (χ4n) is 3.21. The molecule has 7 nitrogen and oxygen atoms in total. The number of hydrogen-bond acceptors (Lipinski definition) is 5. The summed E-state index contributed by atoms with van der Waals surface area (Å²) in [6, 6.07) is 4.99. The number of amides is 3. The Morgan fingerprint density at radius 2 is 2.00 bits per heavy atom. The third-order valence-corrected chi connectivity index (χ3v) is 4.94. The van der Waals surface area contributed by atoms with Crippen LogP contribution in [0.1, 0.15) is 46.1 Å². The van der Waals surface area contributed by atoms with Crippen LogP contribution in [0.25, 0.3) is 6.08 Å². The van der Waals surface area contributed by atoms with E-state index in [-0.39, 0.29) is 19.1 Å². The third kappa shape index (κ3) is 5.73. The van der Waals surface area contributed by atoms with Crippen LogP contribution in [-0.2, 0) is 4.79 Å². The van der Waals surface area contributed by atoms with Crippen molar-refractivity contribution in [3.63, 3.8) is 0 Å². The lowest BCUT2D eigenvalue weighted by Gasteiger charge is -2.23. The van der Waals surface area contributed by atoms with Crippen LogP contribution in [0.3, 0.4) is 0 Å². The number of rotatable bonds is 10. The van der Waals surface area contributed by atoms with Gasteiger partial charge in [-0.3, -0.25) is 9.69 Å². The SMILES string of the molecule is C/C=C/c1ccc(OCC(O)CN2C(=O)NC(C)(CCC(C)C)C2=O)c(OC)c1. The Labute approximate surface area is 172 Å². The van der Waals surface area contributed by atoms with E-state index in [1.807, 2.05) is 31.2 Å². The van der Waals surface area contributed by atoms with E-state index in [9.17, 15) is 14.7 Å². The lowest BCUT2D eigenvalue weighted by molar-refractivity contribution is -0.132. The molecular formula is C22H32N2O5. The van der Waals surface area contributed by atoms with Gasteiger partial charge in [0.15, 0.2) is 11.5 Å². The van der Waals surface area contributed by atoms with Crippen LogP contribution in [0.15, 0.2) is 24.3 Å². The van der Waals surface area contributed by atoms with E-state index in [0.29, 0.717) is 23.8 Å². The van der Waals surface area contributed by atoms with Crippen molar-refractivity contribution in [1.29, 1.82) is 0 Å². The minimum Gasteiger partial charge on any atom is -0.493 e. The number of nitrogens with zero attached hydrogens (tertiary/aromatic N) is 1. The van der Waals surface area contributed by atoms with E-state index in [4.69, 9.17) is 9.47 Å². The maximum atomic E-state index is 12.7. The molecule has 3 amide bonds. The second-order valence-corrected chi connectivity index (χ2v) is 7.99. The minimum absolute atomic E-state index is 0.0703. The van der Waals surface area contributed by atoms with Crippen LogP contribution in [0, 0.1) is 5.92 Å². The summed E-state index contributed by atoms with van der Waals surface area (Å²) in [7, 11) is 1.54. The fraction of sp³-hybridized carbons (Fsp3) is 0.545. The summed E-state index contributed by atoms with van der Waals surface area (Å²) in [5.41, 5.74) is 0.0469. The molecule has 0 spiro atoms. The highest BCUT2D eigenvalue weighted by atomic mass is 16.5. The zero-order valence-electron chi connectivity index (χ0n) is 17.9. The molecule has 2 rings (SSSR count). The monoisotopic (exact) mass is 404 g/mol. The van der Waals surface area contributed by atoms with Gasteiger partial charge < -0.3 is 19.9 Å². The number of hydrogen-bond donors (Lipinski definition) is 2. The number of benzene rings is 1. The molecule has 0 saturated carbocycles. The Morgan fingerprint density at radius 1 is 1.28 bits per heavy atom. The fourth-order valence-corrected chi connectivity index (χ4v) is 3.21. The van der Waals surface area contributed by atoms with Crippen molar-refractivity contribution >= 4 is 18.0 Å². The van der Waals surface area contributed by atoms with Gasteiger partial charge in [0.1, 0.15) is 18.2 Å². The van der Waals surface area contributed by atoms with Crippen molar-refractivity contribution < 1.29 is 24.2 Å². The minimum atomic E-state index is -1.02. The topological polar surface area (TPSA) is 88.1 Å². The van der Waals surface area contributed by atoms with Crippen LogP contribution in [-0.4, -0.2) is 53.8 Å². The number of nitrogens with one attached hydrogen (secondary N) is 1. The number of ether oxygens (including phenoxy) is 2. The molecule has 1 aliphatic heterocycles. The van der Waals surface area contributed by atoms with Gasteiger partial charge in [0, 0.05) is 0 Å². The molecule has 0 aromatic heterocycles. The standard InChI is InChI=1S/C22H32N2O5/c1-6-7-16-8-9-18(19(12-16)28-5)29-14-17(25)13-24-20(26)22(4,23-21(24)27)11-10-15(2)3/h6-9,12,15,17,25H,10-11,13-14H2,1-5H3,(H,23,27)/b7-6+. The van der Waals surface area contributed by atoms with E-state index >= 15 is 0 Å². The zero-order valence-corrected chi connectivity index (χ0v) is 17.9. The molecule has 0 aliphatic carbocycles. The van der Waals surface area contributed by atoms with Crippen LogP contribution < -0.4 is 14.8 Å². The molecule has 2 N–H and O–H groups in total. The Morgan fingerprint density at radius 3 is 2.62 bits per heavy atom. The largest absolute Gasteiger partial charge is 0.493 e. The molecule has 7 heteroatoms. The molecule has 1 heterocycles. The van der Waals surface area contributed by atoms with Crippen LogP contribution in [0.2, 0.25) is 0 Å². The summed E-state index contributed by atoms with van der Waals surface area (Å²) in [5.74, 6) is 1.15. The van der Waals surface area contributed by atoms with Crippen LogP contribution in [0.5, 0.6) is 11.5 Å². The highest BCUT2D eigenvalue weighted by molar-refractivity contribution is 6.06. The van der Waals surface area contributed by atoms with Gasteiger partial charge in [-0.05, 0) is 50.3 Å². The van der Waals surface area contributed by atoms with Crippen LogP contribution >= 0.6 is 0 Å². The number of imide groups is 1. The quantitative estimate of drug-likeness (QED) is 0.585. The summed E-state index contributed by atoms with van der Waals surface area (Å²) in [5, 5.41) is 13.1. The first-order chi connectivity index (χ1) is 13.7. The Balaban J connectivity index is 1.96. The number of aliphatic hydroxyl groups is 1. The average Bonchev–Trinajstić information content (AvgIpc) is 2.89. The van der Waals surface area contributed by atoms with Gasteiger partial charge in [0.2, 0.25) is 0 Å². The van der Waals surface area contributed by atoms with E-state index in [2.05, 4.69) is 19.2 Å². The van der Waals surface area contributed by atoms with Gasteiger partial charge in [-0.25, -0.2) is 4.79 Å². The molecule has 1 aromatic rings. The number of carbonyl (C=O) groups excluding carboxylic acids is 2. The maximum absolute atomic E-state index is 12.7. The molecular weight excluding hydrogens is 372 g/mol. The highest BCUT2D eigenvalue weighted by Crippen LogP contribution is 2.29. The third-order valence-electron chi connectivity index (χ3n) is 4.94. The first-order valence-electron chi connectivity index (χ1n) is 9.96. The number of methoxy groups -OCH3 is 1. The second-order valence-electron chi connectivity index (χ2n) is 7.99. The lowest BCUT2D eigenvalue weighted by atomic mass is 9.92. The Bertz CT molecular complexity index is 762. The van der Waals surface area contributed by atoms with Gasteiger partial charge in [-0.2, -0.15) is 0 Å². The molecule has 160 valence electrons. The lowest BCUT2D eigenvalue weighted by Crippen LogP contribution is -2.45. The molecule has 1 saturated heterocycles. The molecule has 1 fully saturated rings. The van der Waals surface area contributed by atoms with Crippen molar-refractivity contribution in [2.75, 3.05) is 20.3 Å². The van der Waals surface area contributed by atoms with Gasteiger partial charge in [-0.15, -0.1) is 0 Å². The predicted molar refractivity (Wildman–Crippen MR) is 112 cm³/mol. The Kier molecular flexibility index (Phi) is 7.67. The van der Waals surface area contributed by atoms with E-state index in [1.54, 1.807) is 20.1 Å². The zero-order chi connectivity index (χ0) is 21.6. The molecule has 29 heavy (non-hydrogen) atoms. The van der Waals surface area contributed by atoms with Crippen molar-refractivity contribution in [1.82, 2.24) is 10.2 Å². The number of β-amino-alcohol motifs (C(OH)–C–C–N with tert-alkyl or cyclic N) is 1. The highest BCUT2D eigenvalue weighted by Gasteiger charge is 2.47. The second kappa shape index (κ2) is 9.78. The van der Waals surface area contributed by atoms with Crippen molar-refractivity contribution in [2.24, 2.45) is 5.92 Å². The summed E-state index contributed by atoms with van der Waals surface area (Å²) in [6.07, 6.45) is 4.23. The van der Waals surface area contributed by atoms with E-state index in [0.717, 1.165) is 16.9 Å². The maximum Gasteiger partial charge on any atom is 0.325 e. The van der Waals surface area contributed by atoms with E-state index in [1.165, 1.54) is 0 Å². The van der Waals surface area contributed by atoms with Crippen molar-refractivity contribution in [3.8, 4) is 11.5 Å². The number of allylic oxidation sites excluding steroid dienone is 1. The molecule has 0 radical (unpaired) electrons. The van der Waals surface area contributed by atoms with Crippen molar-refractivity contribution in [3.05, 3.63) is 29.8 Å². The predicted octanol–water partition coefficient (Wildman–Crippen LogP) is 3.21. The van der Waals surface area contributed by atoms with Gasteiger partial charge >= 0.3 is 6.03 Å². The number of urea groups is 1. The van der Waals surface area contributed by atoms with Gasteiger partial charge in [0.05, 0.1) is 13.7 Å². The first kappa shape index (κ1) is 22.7. The summed E-state index contributed by atoms with van der Waals surface area (Å²) >= 11 is 0. The average molecular weight is 405 g/mol. The molecule has 2 unspecified atom stereocenters. The molecule has 2 atom stereocenters. The molecule has 1 aromatic carbocycles. The first-order valence-corrected chi connectivity index (χ1v) is 9.96. The number of aliphatic hydroxyl groups excluding tert-OH is 1. The smallest absolute Gasteiger partial charge is 0.325 e. The van der Waals surface area contributed by atoms with Crippen LogP contribution in [0.4, 0.5) is 4.79 Å². The van der Waals surface area contributed by atoms with Crippen molar-refractivity contribution in [2.45, 2.75) is 52.2 Å². The Hall–Kier alpha value is -2.54.